The van der Waals surface area contributed by atoms with E-state index in [2.05, 4.69) is 0 Å². The SMILES string of the molecule is Nc1cc(OC2COC2)ccc1S(N)(=O)=O. The van der Waals surface area contributed by atoms with Crippen molar-refractivity contribution in [3.63, 3.8) is 0 Å². The van der Waals surface area contributed by atoms with Crippen molar-refractivity contribution in [3.8, 4) is 5.75 Å². The zero-order valence-corrected chi connectivity index (χ0v) is 9.24. The van der Waals surface area contributed by atoms with Crippen LogP contribution in [0.4, 0.5) is 5.69 Å². The van der Waals surface area contributed by atoms with Crippen LogP contribution >= 0.6 is 0 Å². The van der Waals surface area contributed by atoms with Crippen molar-refractivity contribution in [2.24, 2.45) is 5.14 Å². The molecule has 16 heavy (non-hydrogen) atoms. The molecule has 0 unspecified atom stereocenters. The first-order valence-electron chi connectivity index (χ1n) is 4.63. The molecule has 0 atom stereocenters. The molecular formula is C9H12N2O4S. The molecule has 0 saturated carbocycles. The third kappa shape index (κ3) is 2.26. The van der Waals surface area contributed by atoms with E-state index in [4.69, 9.17) is 20.3 Å². The van der Waals surface area contributed by atoms with Gasteiger partial charge in [0.05, 0.1) is 18.9 Å². The van der Waals surface area contributed by atoms with Crippen molar-refractivity contribution in [2.75, 3.05) is 18.9 Å². The van der Waals surface area contributed by atoms with Crippen molar-refractivity contribution in [1.29, 1.82) is 0 Å². The minimum absolute atomic E-state index is 0.0136. The van der Waals surface area contributed by atoms with Crippen molar-refractivity contribution < 1.29 is 17.9 Å². The molecule has 7 heteroatoms. The summed E-state index contributed by atoms with van der Waals surface area (Å²) in [4.78, 5) is -0.0929. The van der Waals surface area contributed by atoms with E-state index >= 15 is 0 Å². The van der Waals surface area contributed by atoms with E-state index in [0.717, 1.165) is 0 Å². The normalized spacial score (nSPS) is 16.8. The second-order valence-corrected chi connectivity index (χ2v) is 5.05. The van der Waals surface area contributed by atoms with E-state index in [0.29, 0.717) is 19.0 Å². The molecule has 0 aliphatic carbocycles. The van der Waals surface area contributed by atoms with Crippen LogP contribution in [-0.4, -0.2) is 27.7 Å². The van der Waals surface area contributed by atoms with Gasteiger partial charge < -0.3 is 15.2 Å². The smallest absolute Gasteiger partial charge is 0.240 e. The Hall–Kier alpha value is -1.31. The number of nitrogens with two attached hydrogens (primary N) is 2. The third-order valence-electron chi connectivity index (χ3n) is 2.20. The lowest BCUT2D eigenvalue weighted by Crippen LogP contribution is -2.38. The third-order valence-corrected chi connectivity index (χ3v) is 3.18. The number of hydrogen-bond acceptors (Lipinski definition) is 5. The van der Waals surface area contributed by atoms with E-state index in [-0.39, 0.29) is 16.7 Å². The fraction of sp³-hybridized carbons (Fsp3) is 0.333. The minimum atomic E-state index is -3.78. The molecule has 1 aromatic carbocycles. The summed E-state index contributed by atoms with van der Waals surface area (Å²) >= 11 is 0. The highest BCUT2D eigenvalue weighted by Gasteiger charge is 2.21. The van der Waals surface area contributed by atoms with Crippen LogP contribution in [0.25, 0.3) is 0 Å². The Morgan fingerprint density at radius 2 is 2.06 bits per heavy atom. The molecule has 0 aromatic heterocycles. The van der Waals surface area contributed by atoms with Crippen LogP contribution in [0.3, 0.4) is 0 Å². The van der Waals surface area contributed by atoms with Crippen molar-refractivity contribution >= 4 is 15.7 Å². The highest BCUT2D eigenvalue weighted by atomic mass is 32.2. The van der Waals surface area contributed by atoms with Gasteiger partial charge in [0.15, 0.2) is 0 Å². The summed E-state index contributed by atoms with van der Waals surface area (Å²) in [7, 11) is -3.78. The number of hydrogen-bond donors (Lipinski definition) is 2. The summed E-state index contributed by atoms with van der Waals surface area (Å²) in [6, 6.07) is 4.30. The molecule has 0 radical (unpaired) electrons. The Kier molecular flexibility index (Phi) is 2.75. The van der Waals surface area contributed by atoms with Crippen LogP contribution in [0.15, 0.2) is 23.1 Å². The number of primary sulfonamides is 1. The minimum Gasteiger partial charge on any atom is -0.486 e. The molecule has 0 amide bonds. The van der Waals surface area contributed by atoms with Crippen LogP contribution in [-0.2, 0) is 14.8 Å². The second-order valence-electron chi connectivity index (χ2n) is 3.52. The molecule has 2 rings (SSSR count). The highest BCUT2D eigenvalue weighted by Crippen LogP contribution is 2.24. The summed E-state index contributed by atoms with van der Waals surface area (Å²) in [6.07, 6.45) is 0.0136. The van der Waals surface area contributed by atoms with E-state index in [1.165, 1.54) is 18.2 Å². The van der Waals surface area contributed by atoms with E-state index in [9.17, 15) is 8.42 Å². The predicted molar refractivity (Wildman–Crippen MR) is 57.5 cm³/mol. The number of sulfonamides is 1. The molecule has 4 N–H and O–H groups in total. The van der Waals surface area contributed by atoms with E-state index in [1.54, 1.807) is 0 Å². The molecule has 88 valence electrons. The van der Waals surface area contributed by atoms with Gasteiger partial charge in [0.2, 0.25) is 10.0 Å². The summed E-state index contributed by atoms with van der Waals surface area (Å²) in [5, 5.41) is 4.98. The van der Waals surface area contributed by atoms with Crippen LogP contribution in [0.2, 0.25) is 0 Å². The first-order valence-corrected chi connectivity index (χ1v) is 6.18. The van der Waals surface area contributed by atoms with Crippen molar-refractivity contribution in [2.45, 2.75) is 11.0 Å². The Bertz CT molecular complexity index is 496. The quantitative estimate of drug-likeness (QED) is 0.710. The Morgan fingerprint density at radius 3 is 2.50 bits per heavy atom. The van der Waals surface area contributed by atoms with Crippen LogP contribution in [0, 0.1) is 0 Å². The fourth-order valence-electron chi connectivity index (χ4n) is 1.33. The molecule has 0 bridgehead atoms. The lowest BCUT2D eigenvalue weighted by molar-refractivity contribution is -0.0796. The average Bonchev–Trinajstić information content (AvgIpc) is 2.09. The fourth-order valence-corrected chi connectivity index (χ4v) is 1.98. The van der Waals surface area contributed by atoms with Gasteiger partial charge in [0.25, 0.3) is 0 Å². The van der Waals surface area contributed by atoms with Crippen LogP contribution in [0.5, 0.6) is 5.75 Å². The molecule has 6 nitrogen and oxygen atoms in total. The number of rotatable bonds is 3. The molecule has 1 heterocycles. The van der Waals surface area contributed by atoms with Crippen molar-refractivity contribution in [1.82, 2.24) is 0 Å². The Morgan fingerprint density at radius 1 is 1.38 bits per heavy atom. The van der Waals surface area contributed by atoms with Gasteiger partial charge in [-0.15, -0.1) is 0 Å². The maximum Gasteiger partial charge on any atom is 0.240 e. The van der Waals surface area contributed by atoms with Gasteiger partial charge in [0, 0.05) is 6.07 Å². The zero-order valence-electron chi connectivity index (χ0n) is 8.42. The largest absolute Gasteiger partial charge is 0.486 e. The monoisotopic (exact) mass is 244 g/mol. The molecule has 1 fully saturated rings. The van der Waals surface area contributed by atoms with Crippen LogP contribution < -0.4 is 15.6 Å². The predicted octanol–water partition coefficient (Wildman–Crippen LogP) is -0.306. The maximum atomic E-state index is 11.1. The van der Waals surface area contributed by atoms with Gasteiger partial charge in [0.1, 0.15) is 16.7 Å². The van der Waals surface area contributed by atoms with Gasteiger partial charge in [-0.1, -0.05) is 0 Å². The van der Waals surface area contributed by atoms with E-state index in [1.807, 2.05) is 0 Å². The van der Waals surface area contributed by atoms with Gasteiger partial charge >= 0.3 is 0 Å². The summed E-state index contributed by atoms with van der Waals surface area (Å²) < 4.78 is 32.6. The first-order chi connectivity index (χ1) is 7.47. The number of benzene rings is 1. The summed E-state index contributed by atoms with van der Waals surface area (Å²) in [6.45, 7) is 1.08. The number of nitrogen functional groups attached to an aromatic ring is 1. The Balaban J connectivity index is 2.22. The summed E-state index contributed by atoms with van der Waals surface area (Å²) in [5.41, 5.74) is 5.66. The van der Waals surface area contributed by atoms with Crippen molar-refractivity contribution in [3.05, 3.63) is 18.2 Å². The Labute approximate surface area is 93.2 Å². The second kappa shape index (κ2) is 3.93. The summed E-state index contributed by atoms with van der Waals surface area (Å²) in [5.74, 6) is 0.512. The van der Waals surface area contributed by atoms with Gasteiger partial charge in [-0.05, 0) is 12.1 Å². The average molecular weight is 244 g/mol. The first kappa shape index (κ1) is 11.2. The molecule has 1 aromatic rings. The van der Waals surface area contributed by atoms with Gasteiger partial charge in [-0.25, -0.2) is 13.6 Å². The molecule has 1 saturated heterocycles. The maximum absolute atomic E-state index is 11.1. The molecule has 1 aliphatic heterocycles. The van der Waals surface area contributed by atoms with E-state index < -0.39 is 10.0 Å². The van der Waals surface area contributed by atoms with Crippen LogP contribution in [0.1, 0.15) is 0 Å². The number of ether oxygens (including phenoxy) is 2. The highest BCUT2D eigenvalue weighted by molar-refractivity contribution is 7.89. The van der Waals surface area contributed by atoms with Gasteiger partial charge in [-0.3, -0.25) is 0 Å². The standard InChI is InChI=1S/C9H12N2O4S/c10-8-3-6(15-7-4-14-5-7)1-2-9(8)16(11,12)13/h1-3,7H,4-5,10H2,(H2,11,12,13). The lowest BCUT2D eigenvalue weighted by Gasteiger charge is -2.26. The molecular weight excluding hydrogens is 232 g/mol. The lowest BCUT2D eigenvalue weighted by atomic mass is 10.3. The zero-order chi connectivity index (χ0) is 11.8. The van der Waals surface area contributed by atoms with Gasteiger partial charge in [-0.2, -0.15) is 0 Å². The molecule has 0 spiro atoms. The molecule has 1 aliphatic rings. The number of anilines is 1. The topological polar surface area (TPSA) is 105 Å².